The molecule has 2 heterocycles. The molecule has 1 aromatic heterocycles. The van der Waals surface area contributed by atoms with Crippen LogP contribution >= 0.6 is 11.6 Å². The van der Waals surface area contributed by atoms with Gasteiger partial charge in [0.25, 0.3) is 0 Å². The number of ketones is 1. The van der Waals surface area contributed by atoms with Crippen LogP contribution in [0.15, 0.2) is 42.6 Å². The van der Waals surface area contributed by atoms with Crippen molar-refractivity contribution in [3.05, 3.63) is 53.3 Å². The summed E-state index contributed by atoms with van der Waals surface area (Å²) in [6, 6.07) is 10.7. The normalized spacial score (nSPS) is 25.2. The first-order valence-corrected chi connectivity index (χ1v) is 9.28. The number of ether oxygens (including phenoxy) is 1. The number of halogens is 1. The van der Waals surface area contributed by atoms with Gasteiger partial charge in [0.2, 0.25) is 0 Å². The number of para-hydroxylation sites is 1. The van der Waals surface area contributed by atoms with Gasteiger partial charge >= 0.3 is 0 Å². The summed E-state index contributed by atoms with van der Waals surface area (Å²) in [4.78, 5) is 18.6. The predicted molar refractivity (Wildman–Crippen MR) is 98.8 cm³/mol. The fourth-order valence-corrected chi connectivity index (χ4v) is 4.30. The number of likely N-dealkylation sites (tertiary alicyclic amines) is 1. The quantitative estimate of drug-likeness (QED) is 0.815. The Bertz CT molecular complexity index is 782. The van der Waals surface area contributed by atoms with Gasteiger partial charge in [-0.25, -0.2) is 4.98 Å². The van der Waals surface area contributed by atoms with Crippen molar-refractivity contribution in [1.29, 1.82) is 0 Å². The van der Waals surface area contributed by atoms with Crippen LogP contribution in [-0.2, 0) is 0 Å². The Kier molecular flexibility index (Phi) is 4.83. The maximum atomic E-state index is 12.3. The topological polar surface area (TPSA) is 62.7 Å². The zero-order chi connectivity index (χ0) is 18.1. The SMILES string of the molecule is O=C(CN1CC2CC(Oc3ccccc3Cl)CC2C1)c1ccc(O)cn1. The van der Waals surface area contributed by atoms with E-state index < -0.39 is 0 Å². The lowest BCUT2D eigenvalue weighted by molar-refractivity contribution is 0.0932. The molecule has 2 atom stereocenters. The Morgan fingerprint density at radius 3 is 2.58 bits per heavy atom. The van der Waals surface area contributed by atoms with E-state index in [1.807, 2.05) is 24.3 Å². The molecule has 1 saturated heterocycles. The molecule has 0 spiro atoms. The minimum Gasteiger partial charge on any atom is -0.506 e. The summed E-state index contributed by atoms with van der Waals surface area (Å²) < 4.78 is 6.09. The second-order valence-corrected chi connectivity index (χ2v) is 7.59. The molecule has 136 valence electrons. The Hall–Kier alpha value is -2.11. The standard InChI is InChI=1S/C20H21ClN2O3/c21-17-3-1-2-4-20(17)26-16-7-13-10-23(11-14(13)8-16)12-19(25)18-6-5-15(24)9-22-18/h1-6,9,13-14,16,24H,7-8,10-12H2. The first-order chi connectivity index (χ1) is 12.6. The third kappa shape index (κ3) is 3.69. The molecule has 4 rings (SSSR count). The lowest BCUT2D eigenvalue weighted by Crippen LogP contribution is -2.30. The van der Waals surface area contributed by atoms with Gasteiger partial charge < -0.3 is 9.84 Å². The van der Waals surface area contributed by atoms with E-state index in [4.69, 9.17) is 16.3 Å². The molecule has 1 aromatic carbocycles. The number of aromatic hydroxyl groups is 1. The van der Waals surface area contributed by atoms with Gasteiger partial charge in [0.05, 0.1) is 23.9 Å². The van der Waals surface area contributed by atoms with E-state index in [2.05, 4.69) is 9.88 Å². The number of Topliss-reactive ketones (excluding diaryl/α,β-unsaturated/α-hetero) is 1. The number of aromatic nitrogens is 1. The van der Waals surface area contributed by atoms with Gasteiger partial charge in [-0.15, -0.1) is 0 Å². The number of carbonyl (C=O) groups is 1. The van der Waals surface area contributed by atoms with Gasteiger partial charge in [-0.2, -0.15) is 0 Å². The number of hydrogen-bond donors (Lipinski definition) is 1. The van der Waals surface area contributed by atoms with Crippen molar-refractivity contribution >= 4 is 17.4 Å². The number of rotatable bonds is 5. The Labute approximate surface area is 157 Å². The van der Waals surface area contributed by atoms with E-state index in [1.165, 1.54) is 12.3 Å². The molecule has 2 unspecified atom stereocenters. The molecule has 2 fully saturated rings. The maximum absolute atomic E-state index is 12.3. The molecule has 26 heavy (non-hydrogen) atoms. The molecule has 1 saturated carbocycles. The van der Waals surface area contributed by atoms with Crippen molar-refractivity contribution in [1.82, 2.24) is 9.88 Å². The molecule has 0 radical (unpaired) electrons. The van der Waals surface area contributed by atoms with Gasteiger partial charge in [0, 0.05) is 13.1 Å². The van der Waals surface area contributed by atoms with Crippen LogP contribution in [0.3, 0.4) is 0 Å². The predicted octanol–water partition coefficient (Wildman–Crippen LogP) is 3.41. The van der Waals surface area contributed by atoms with Crippen molar-refractivity contribution in [2.24, 2.45) is 11.8 Å². The van der Waals surface area contributed by atoms with Crippen LogP contribution in [0.2, 0.25) is 5.02 Å². The zero-order valence-corrected chi connectivity index (χ0v) is 15.1. The largest absolute Gasteiger partial charge is 0.506 e. The number of hydrogen-bond acceptors (Lipinski definition) is 5. The summed E-state index contributed by atoms with van der Waals surface area (Å²) in [5, 5.41) is 9.93. The highest BCUT2D eigenvalue weighted by atomic mass is 35.5. The molecule has 1 aliphatic carbocycles. The number of nitrogens with zero attached hydrogens (tertiary/aromatic N) is 2. The Morgan fingerprint density at radius 1 is 1.19 bits per heavy atom. The number of pyridine rings is 1. The van der Waals surface area contributed by atoms with Gasteiger partial charge in [0.1, 0.15) is 17.2 Å². The molecule has 0 amide bonds. The van der Waals surface area contributed by atoms with E-state index >= 15 is 0 Å². The van der Waals surface area contributed by atoms with Crippen LogP contribution in [0.4, 0.5) is 0 Å². The van der Waals surface area contributed by atoms with Crippen LogP contribution < -0.4 is 4.74 Å². The number of carbonyl (C=O) groups excluding carboxylic acids is 1. The second-order valence-electron chi connectivity index (χ2n) is 7.18. The first kappa shape index (κ1) is 17.3. The summed E-state index contributed by atoms with van der Waals surface area (Å²) in [6.45, 7) is 2.20. The van der Waals surface area contributed by atoms with Crippen molar-refractivity contribution < 1.29 is 14.6 Å². The molecule has 6 heteroatoms. The highest BCUT2D eigenvalue weighted by Gasteiger charge is 2.42. The monoisotopic (exact) mass is 372 g/mol. The zero-order valence-electron chi connectivity index (χ0n) is 14.3. The average molecular weight is 373 g/mol. The van der Waals surface area contributed by atoms with Crippen LogP contribution in [0.25, 0.3) is 0 Å². The third-order valence-corrected chi connectivity index (χ3v) is 5.63. The van der Waals surface area contributed by atoms with Gasteiger partial charge in [0.15, 0.2) is 5.78 Å². The Morgan fingerprint density at radius 2 is 1.92 bits per heavy atom. The van der Waals surface area contributed by atoms with Crippen LogP contribution in [0, 0.1) is 11.8 Å². The van der Waals surface area contributed by atoms with Gasteiger partial charge in [-0.1, -0.05) is 23.7 Å². The van der Waals surface area contributed by atoms with Crippen LogP contribution in [-0.4, -0.2) is 46.5 Å². The highest BCUT2D eigenvalue weighted by Crippen LogP contribution is 2.40. The van der Waals surface area contributed by atoms with Crippen LogP contribution in [0.1, 0.15) is 23.3 Å². The second kappa shape index (κ2) is 7.25. The summed E-state index contributed by atoms with van der Waals surface area (Å²) in [5.41, 5.74) is 0.403. The van der Waals surface area contributed by atoms with Crippen molar-refractivity contribution in [2.45, 2.75) is 18.9 Å². The molecular formula is C20H21ClN2O3. The van der Waals surface area contributed by atoms with Gasteiger partial charge in [-0.05, 0) is 48.9 Å². The van der Waals surface area contributed by atoms with Crippen molar-refractivity contribution in [2.75, 3.05) is 19.6 Å². The molecule has 2 aliphatic rings. The molecule has 1 aliphatic heterocycles. The molecule has 2 aromatic rings. The smallest absolute Gasteiger partial charge is 0.195 e. The van der Waals surface area contributed by atoms with E-state index in [0.717, 1.165) is 31.7 Å². The van der Waals surface area contributed by atoms with E-state index in [-0.39, 0.29) is 17.6 Å². The molecule has 1 N–H and O–H groups in total. The van der Waals surface area contributed by atoms with E-state index in [9.17, 15) is 9.90 Å². The molecule has 0 bridgehead atoms. The number of benzene rings is 1. The Balaban J connectivity index is 1.30. The average Bonchev–Trinajstić information content (AvgIpc) is 3.15. The maximum Gasteiger partial charge on any atom is 0.195 e. The van der Waals surface area contributed by atoms with Crippen LogP contribution in [0.5, 0.6) is 11.5 Å². The lowest BCUT2D eigenvalue weighted by atomic mass is 10.0. The minimum absolute atomic E-state index is 0.00570. The summed E-state index contributed by atoms with van der Waals surface area (Å²) >= 11 is 6.18. The summed E-state index contributed by atoms with van der Waals surface area (Å²) in [6.07, 6.45) is 3.50. The third-order valence-electron chi connectivity index (χ3n) is 5.31. The fraction of sp³-hybridized carbons (Fsp3) is 0.400. The summed E-state index contributed by atoms with van der Waals surface area (Å²) in [7, 11) is 0. The molecule has 5 nitrogen and oxygen atoms in total. The lowest BCUT2D eigenvalue weighted by Gasteiger charge is -2.19. The summed E-state index contributed by atoms with van der Waals surface area (Å²) in [5.74, 6) is 1.94. The van der Waals surface area contributed by atoms with E-state index in [0.29, 0.717) is 29.1 Å². The molecular weight excluding hydrogens is 352 g/mol. The van der Waals surface area contributed by atoms with Gasteiger partial charge in [-0.3, -0.25) is 9.69 Å². The highest BCUT2D eigenvalue weighted by molar-refractivity contribution is 6.32. The number of fused-ring (bicyclic) bond motifs is 1. The van der Waals surface area contributed by atoms with E-state index in [1.54, 1.807) is 6.07 Å². The first-order valence-electron chi connectivity index (χ1n) is 8.90. The fourth-order valence-electron chi connectivity index (χ4n) is 4.12. The van der Waals surface area contributed by atoms with Crippen molar-refractivity contribution in [3.8, 4) is 11.5 Å². The minimum atomic E-state index is -0.00570. The van der Waals surface area contributed by atoms with Crippen molar-refractivity contribution in [3.63, 3.8) is 0 Å².